The summed E-state index contributed by atoms with van der Waals surface area (Å²) < 4.78 is 1.89. The Morgan fingerprint density at radius 1 is 1.62 bits per heavy atom. The highest BCUT2D eigenvalue weighted by molar-refractivity contribution is 7.99. The van der Waals surface area contributed by atoms with Gasteiger partial charge in [0.25, 0.3) is 0 Å². The molecule has 2 N–H and O–H groups in total. The van der Waals surface area contributed by atoms with Gasteiger partial charge in [0, 0.05) is 43.2 Å². The second-order valence-corrected chi connectivity index (χ2v) is 4.97. The van der Waals surface area contributed by atoms with Crippen LogP contribution in [-0.2, 0) is 13.5 Å². The van der Waals surface area contributed by atoms with E-state index in [1.807, 2.05) is 30.2 Å². The molecule has 0 aromatic carbocycles. The first-order chi connectivity index (χ1) is 7.69. The topological polar surface area (TPSA) is 50.1 Å². The standard InChI is InChI=1S/C11H21N3OS/c1-9(11(8-15)16-3)12-6-4-10-5-7-13-14(10)2/h5,7,9,11-12,15H,4,6,8H2,1-3H3. The highest BCUT2D eigenvalue weighted by Crippen LogP contribution is 2.10. The number of aliphatic hydroxyl groups is 1. The molecule has 0 amide bonds. The van der Waals surface area contributed by atoms with Crippen molar-refractivity contribution in [3.05, 3.63) is 18.0 Å². The summed E-state index contributed by atoms with van der Waals surface area (Å²) in [7, 11) is 1.96. The van der Waals surface area contributed by atoms with Crippen molar-refractivity contribution >= 4 is 11.8 Å². The summed E-state index contributed by atoms with van der Waals surface area (Å²) in [5.41, 5.74) is 1.23. The monoisotopic (exact) mass is 243 g/mol. The molecule has 0 saturated heterocycles. The fourth-order valence-corrected chi connectivity index (χ4v) is 2.30. The number of rotatable bonds is 7. The third-order valence-corrected chi connectivity index (χ3v) is 3.97. The van der Waals surface area contributed by atoms with Gasteiger partial charge >= 0.3 is 0 Å². The summed E-state index contributed by atoms with van der Waals surface area (Å²) in [4.78, 5) is 0. The number of thioether (sulfide) groups is 1. The molecule has 1 heterocycles. The van der Waals surface area contributed by atoms with E-state index in [2.05, 4.69) is 17.3 Å². The number of hydrogen-bond acceptors (Lipinski definition) is 4. The van der Waals surface area contributed by atoms with E-state index in [1.165, 1.54) is 5.69 Å². The van der Waals surface area contributed by atoms with E-state index < -0.39 is 0 Å². The molecule has 92 valence electrons. The van der Waals surface area contributed by atoms with Crippen LogP contribution in [0.5, 0.6) is 0 Å². The van der Waals surface area contributed by atoms with Gasteiger partial charge in [0.1, 0.15) is 0 Å². The van der Waals surface area contributed by atoms with Crippen molar-refractivity contribution in [2.45, 2.75) is 24.6 Å². The lowest BCUT2D eigenvalue weighted by atomic mass is 10.2. The van der Waals surface area contributed by atoms with Crippen LogP contribution in [0, 0.1) is 0 Å². The van der Waals surface area contributed by atoms with E-state index in [9.17, 15) is 0 Å². The number of aromatic nitrogens is 2. The molecule has 4 nitrogen and oxygen atoms in total. The maximum absolute atomic E-state index is 9.15. The van der Waals surface area contributed by atoms with Crippen LogP contribution in [0.1, 0.15) is 12.6 Å². The molecule has 0 aliphatic carbocycles. The minimum atomic E-state index is 0.223. The number of aliphatic hydroxyl groups excluding tert-OH is 1. The second kappa shape index (κ2) is 6.93. The van der Waals surface area contributed by atoms with Gasteiger partial charge in [-0.05, 0) is 19.2 Å². The molecule has 5 heteroatoms. The van der Waals surface area contributed by atoms with Crippen LogP contribution in [0.15, 0.2) is 12.3 Å². The molecule has 0 aliphatic rings. The van der Waals surface area contributed by atoms with Crippen molar-refractivity contribution in [1.29, 1.82) is 0 Å². The van der Waals surface area contributed by atoms with E-state index in [-0.39, 0.29) is 11.9 Å². The zero-order valence-electron chi connectivity index (χ0n) is 10.2. The molecule has 1 aromatic rings. The number of nitrogens with zero attached hydrogens (tertiary/aromatic N) is 2. The van der Waals surface area contributed by atoms with E-state index in [0.29, 0.717) is 6.04 Å². The molecule has 0 bridgehead atoms. The number of aryl methyl sites for hydroxylation is 1. The van der Waals surface area contributed by atoms with Crippen LogP contribution < -0.4 is 5.32 Å². The van der Waals surface area contributed by atoms with Crippen molar-refractivity contribution in [1.82, 2.24) is 15.1 Å². The number of hydrogen-bond donors (Lipinski definition) is 2. The summed E-state index contributed by atoms with van der Waals surface area (Å²) in [6.45, 7) is 3.25. The van der Waals surface area contributed by atoms with E-state index >= 15 is 0 Å². The van der Waals surface area contributed by atoms with Crippen molar-refractivity contribution in [2.24, 2.45) is 7.05 Å². The quantitative estimate of drug-likeness (QED) is 0.739. The third-order valence-electron chi connectivity index (χ3n) is 2.81. The minimum Gasteiger partial charge on any atom is -0.395 e. The summed E-state index contributed by atoms with van der Waals surface area (Å²) in [6.07, 6.45) is 4.81. The molecular weight excluding hydrogens is 222 g/mol. The zero-order valence-corrected chi connectivity index (χ0v) is 11.0. The lowest BCUT2D eigenvalue weighted by molar-refractivity contribution is 0.276. The van der Waals surface area contributed by atoms with Gasteiger partial charge in [-0.25, -0.2) is 0 Å². The molecule has 0 radical (unpaired) electrons. The average Bonchev–Trinajstić information content (AvgIpc) is 2.66. The van der Waals surface area contributed by atoms with E-state index in [4.69, 9.17) is 5.11 Å². The molecule has 0 saturated carbocycles. The van der Waals surface area contributed by atoms with Gasteiger partial charge in [-0.3, -0.25) is 4.68 Å². The fourth-order valence-electron chi connectivity index (χ4n) is 1.64. The van der Waals surface area contributed by atoms with E-state index in [1.54, 1.807) is 11.8 Å². The predicted octanol–water partition coefficient (Wildman–Crippen LogP) is 0.665. The molecule has 1 aromatic heterocycles. The Balaban J connectivity index is 2.27. The molecule has 0 spiro atoms. The molecule has 0 fully saturated rings. The molecule has 16 heavy (non-hydrogen) atoms. The van der Waals surface area contributed by atoms with Crippen LogP contribution in [0.4, 0.5) is 0 Å². The molecule has 2 unspecified atom stereocenters. The Kier molecular flexibility index (Phi) is 5.87. The lowest BCUT2D eigenvalue weighted by Crippen LogP contribution is -2.38. The summed E-state index contributed by atoms with van der Waals surface area (Å²) in [6, 6.07) is 2.36. The zero-order chi connectivity index (χ0) is 12.0. The molecule has 2 atom stereocenters. The predicted molar refractivity (Wildman–Crippen MR) is 68.8 cm³/mol. The fraction of sp³-hybridized carbons (Fsp3) is 0.727. The van der Waals surface area contributed by atoms with Gasteiger partial charge in [0.15, 0.2) is 0 Å². The highest BCUT2D eigenvalue weighted by Gasteiger charge is 2.14. The Labute approximate surface area is 101 Å². The second-order valence-electron chi connectivity index (χ2n) is 3.90. The first-order valence-corrected chi connectivity index (χ1v) is 6.81. The molecular formula is C11H21N3OS. The first kappa shape index (κ1) is 13.5. The van der Waals surface area contributed by atoms with Gasteiger partial charge in [0.05, 0.1) is 6.61 Å². The summed E-state index contributed by atoms with van der Waals surface area (Å²) in [5.74, 6) is 0. The average molecular weight is 243 g/mol. The van der Waals surface area contributed by atoms with Gasteiger partial charge in [0.2, 0.25) is 0 Å². The van der Waals surface area contributed by atoms with Crippen LogP contribution >= 0.6 is 11.8 Å². The SMILES string of the molecule is CSC(CO)C(C)NCCc1ccnn1C. The Bertz CT molecular complexity index is 299. The minimum absolute atomic E-state index is 0.223. The summed E-state index contributed by atoms with van der Waals surface area (Å²) >= 11 is 1.70. The van der Waals surface area contributed by atoms with Gasteiger partial charge in [-0.15, -0.1) is 0 Å². The first-order valence-electron chi connectivity index (χ1n) is 5.53. The van der Waals surface area contributed by atoms with Gasteiger partial charge < -0.3 is 10.4 Å². The Morgan fingerprint density at radius 3 is 2.88 bits per heavy atom. The van der Waals surface area contributed by atoms with Gasteiger partial charge in [-0.1, -0.05) is 0 Å². The van der Waals surface area contributed by atoms with Crippen molar-refractivity contribution in [3.8, 4) is 0 Å². The van der Waals surface area contributed by atoms with Crippen LogP contribution in [0.25, 0.3) is 0 Å². The van der Waals surface area contributed by atoms with Crippen LogP contribution in [-0.4, -0.2) is 45.6 Å². The van der Waals surface area contributed by atoms with Gasteiger partial charge in [-0.2, -0.15) is 16.9 Å². The maximum atomic E-state index is 9.15. The molecule has 0 aliphatic heterocycles. The Hall–Kier alpha value is -0.520. The van der Waals surface area contributed by atoms with Crippen molar-refractivity contribution in [3.63, 3.8) is 0 Å². The number of nitrogens with one attached hydrogen (secondary N) is 1. The lowest BCUT2D eigenvalue weighted by Gasteiger charge is -2.21. The van der Waals surface area contributed by atoms with Crippen molar-refractivity contribution in [2.75, 3.05) is 19.4 Å². The summed E-state index contributed by atoms with van der Waals surface area (Å²) in [5, 5.41) is 17.0. The van der Waals surface area contributed by atoms with E-state index in [0.717, 1.165) is 13.0 Å². The third kappa shape index (κ3) is 3.81. The van der Waals surface area contributed by atoms with Crippen LogP contribution in [0.2, 0.25) is 0 Å². The normalized spacial score (nSPS) is 15.0. The maximum Gasteiger partial charge on any atom is 0.0564 e. The van der Waals surface area contributed by atoms with Crippen LogP contribution in [0.3, 0.4) is 0 Å². The molecule has 1 rings (SSSR count). The smallest absolute Gasteiger partial charge is 0.0564 e. The Morgan fingerprint density at radius 2 is 2.38 bits per heavy atom. The largest absolute Gasteiger partial charge is 0.395 e. The van der Waals surface area contributed by atoms with Crippen molar-refractivity contribution < 1.29 is 5.11 Å². The highest BCUT2D eigenvalue weighted by atomic mass is 32.2.